The molecule has 3 nitrogen and oxygen atoms in total. The number of pyridine rings is 2. The largest absolute Gasteiger partial charge is 0.296 e. The van der Waals surface area contributed by atoms with Crippen LogP contribution in [0.5, 0.6) is 0 Å². The van der Waals surface area contributed by atoms with Crippen molar-refractivity contribution in [1.82, 2.24) is 9.97 Å². The predicted molar refractivity (Wildman–Crippen MR) is 49.9 cm³/mol. The van der Waals surface area contributed by atoms with Crippen LogP contribution in [-0.2, 0) is 0 Å². The number of rotatable bonds is 1. The van der Waals surface area contributed by atoms with Crippen LogP contribution in [0.4, 0.5) is 0 Å². The number of hydrogen-bond acceptors (Lipinski definition) is 3. The van der Waals surface area contributed by atoms with E-state index in [1.165, 1.54) is 6.20 Å². The highest BCUT2D eigenvalue weighted by Gasteiger charge is 1.98. The maximum absolute atomic E-state index is 10.4. The van der Waals surface area contributed by atoms with Crippen molar-refractivity contribution in [2.75, 3.05) is 0 Å². The molecule has 0 atom stereocenters. The van der Waals surface area contributed by atoms with Crippen LogP contribution < -0.4 is 0 Å². The van der Waals surface area contributed by atoms with E-state index in [0.29, 0.717) is 22.6 Å². The Morgan fingerprint density at radius 2 is 2.23 bits per heavy atom. The van der Waals surface area contributed by atoms with E-state index in [-0.39, 0.29) is 0 Å². The van der Waals surface area contributed by atoms with Gasteiger partial charge in [0.25, 0.3) is 0 Å². The van der Waals surface area contributed by atoms with Gasteiger partial charge in [0.1, 0.15) is 5.69 Å². The number of aromatic nitrogens is 2. The molecule has 2 rings (SSSR count). The molecule has 13 heavy (non-hydrogen) atoms. The van der Waals surface area contributed by atoms with Crippen LogP contribution in [0.1, 0.15) is 10.5 Å². The minimum Gasteiger partial charge on any atom is -0.296 e. The average Bonchev–Trinajstić information content (AvgIpc) is 2.17. The topological polar surface area (TPSA) is 42.9 Å². The average molecular weight is 193 g/mol. The zero-order valence-corrected chi connectivity index (χ0v) is 7.32. The van der Waals surface area contributed by atoms with Crippen molar-refractivity contribution in [2.24, 2.45) is 0 Å². The van der Waals surface area contributed by atoms with Crippen LogP contribution in [-0.4, -0.2) is 16.3 Å². The van der Waals surface area contributed by atoms with E-state index in [0.717, 1.165) is 5.39 Å². The lowest BCUT2D eigenvalue weighted by Gasteiger charge is -1.96. The first-order valence-electron chi connectivity index (χ1n) is 3.67. The van der Waals surface area contributed by atoms with Crippen LogP contribution in [0.2, 0.25) is 5.02 Å². The molecule has 0 aromatic carbocycles. The van der Waals surface area contributed by atoms with Crippen LogP contribution in [0.15, 0.2) is 24.4 Å². The van der Waals surface area contributed by atoms with Gasteiger partial charge >= 0.3 is 0 Å². The van der Waals surface area contributed by atoms with E-state index in [1.54, 1.807) is 18.2 Å². The SMILES string of the molecule is O=Cc1ccc2cc(Cl)cnc2n1. The van der Waals surface area contributed by atoms with Gasteiger partial charge in [0.05, 0.1) is 5.02 Å². The van der Waals surface area contributed by atoms with Crippen molar-refractivity contribution >= 4 is 28.9 Å². The lowest BCUT2D eigenvalue weighted by atomic mass is 10.2. The molecule has 0 fully saturated rings. The zero-order chi connectivity index (χ0) is 9.26. The summed E-state index contributed by atoms with van der Waals surface area (Å²) < 4.78 is 0. The summed E-state index contributed by atoms with van der Waals surface area (Å²) >= 11 is 5.73. The maximum atomic E-state index is 10.4. The molecule has 0 aliphatic carbocycles. The molecule has 0 N–H and O–H groups in total. The normalized spacial score (nSPS) is 10.2. The molecule has 0 amide bonds. The van der Waals surface area contributed by atoms with Gasteiger partial charge in [-0.1, -0.05) is 11.6 Å². The number of fused-ring (bicyclic) bond motifs is 1. The van der Waals surface area contributed by atoms with E-state index in [9.17, 15) is 4.79 Å². The van der Waals surface area contributed by atoms with E-state index in [2.05, 4.69) is 9.97 Å². The maximum Gasteiger partial charge on any atom is 0.168 e. The molecule has 0 bridgehead atoms. The first kappa shape index (κ1) is 8.13. The Balaban J connectivity index is 2.73. The Morgan fingerprint density at radius 3 is 3.00 bits per heavy atom. The van der Waals surface area contributed by atoms with Crippen molar-refractivity contribution in [2.45, 2.75) is 0 Å². The molecule has 0 spiro atoms. The zero-order valence-electron chi connectivity index (χ0n) is 6.57. The van der Waals surface area contributed by atoms with Gasteiger partial charge in [-0.15, -0.1) is 0 Å². The minimum atomic E-state index is 0.377. The van der Waals surface area contributed by atoms with Gasteiger partial charge in [0, 0.05) is 11.6 Å². The Bertz CT molecular complexity index is 470. The number of halogens is 1. The molecule has 0 saturated carbocycles. The van der Waals surface area contributed by atoms with E-state index in [1.807, 2.05) is 0 Å². The molecule has 0 aliphatic heterocycles. The molecule has 0 unspecified atom stereocenters. The molecule has 0 radical (unpaired) electrons. The number of aldehydes is 1. The van der Waals surface area contributed by atoms with Crippen molar-refractivity contribution in [3.63, 3.8) is 0 Å². The van der Waals surface area contributed by atoms with E-state index in [4.69, 9.17) is 11.6 Å². The fourth-order valence-corrected chi connectivity index (χ4v) is 1.23. The lowest BCUT2D eigenvalue weighted by molar-refractivity contribution is 0.111. The standard InChI is InChI=1S/C9H5ClN2O/c10-7-3-6-1-2-8(5-13)12-9(6)11-4-7/h1-5H. The summed E-state index contributed by atoms with van der Waals surface area (Å²) in [6, 6.07) is 5.16. The number of carbonyl (C=O) groups is 1. The molecule has 64 valence electrons. The van der Waals surface area contributed by atoms with Gasteiger partial charge in [-0.3, -0.25) is 4.79 Å². The first-order chi connectivity index (χ1) is 6.29. The second-order valence-electron chi connectivity index (χ2n) is 2.55. The lowest BCUT2D eigenvalue weighted by Crippen LogP contribution is -1.89. The molecule has 0 aliphatic rings. The summed E-state index contributed by atoms with van der Waals surface area (Å²) in [5, 5.41) is 1.39. The Morgan fingerprint density at radius 1 is 1.38 bits per heavy atom. The Kier molecular flexibility index (Phi) is 1.94. The summed E-state index contributed by atoms with van der Waals surface area (Å²) in [7, 11) is 0. The second kappa shape index (κ2) is 3.11. The first-order valence-corrected chi connectivity index (χ1v) is 4.05. The minimum absolute atomic E-state index is 0.377. The van der Waals surface area contributed by atoms with Crippen molar-refractivity contribution < 1.29 is 4.79 Å². The van der Waals surface area contributed by atoms with Gasteiger partial charge in [0.15, 0.2) is 11.9 Å². The number of nitrogens with zero attached hydrogens (tertiary/aromatic N) is 2. The molecule has 4 heteroatoms. The van der Waals surface area contributed by atoms with Gasteiger partial charge < -0.3 is 0 Å². The third-order valence-corrected chi connectivity index (χ3v) is 1.86. The van der Waals surface area contributed by atoms with Crippen molar-refractivity contribution in [1.29, 1.82) is 0 Å². The molecular formula is C9H5ClN2O. The summed E-state index contributed by atoms with van der Waals surface area (Å²) in [5.41, 5.74) is 0.913. The highest BCUT2D eigenvalue weighted by atomic mass is 35.5. The third kappa shape index (κ3) is 1.51. The molecule has 2 aromatic rings. The van der Waals surface area contributed by atoms with E-state index >= 15 is 0 Å². The van der Waals surface area contributed by atoms with Gasteiger partial charge in [0.2, 0.25) is 0 Å². The van der Waals surface area contributed by atoms with E-state index < -0.39 is 0 Å². The fourth-order valence-electron chi connectivity index (χ4n) is 1.06. The smallest absolute Gasteiger partial charge is 0.168 e. The highest BCUT2D eigenvalue weighted by Crippen LogP contribution is 2.14. The summed E-state index contributed by atoms with van der Waals surface area (Å²) in [5.74, 6) is 0. The monoisotopic (exact) mass is 192 g/mol. The summed E-state index contributed by atoms with van der Waals surface area (Å²) in [6.45, 7) is 0. The molecular weight excluding hydrogens is 188 g/mol. The summed E-state index contributed by atoms with van der Waals surface area (Å²) in [4.78, 5) is 18.4. The van der Waals surface area contributed by atoms with Crippen LogP contribution in [0.3, 0.4) is 0 Å². The summed E-state index contributed by atoms with van der Waals surface area (Å²) in [6.07, 6.45) is 2.20. The van der Waals surface area contributed by atoms with Crippen molar-refractivity contribution in [3.8, 4) is 0 Å². The van der Waals surface area contributed by atoms with Crippen LogP contribution in [0.25, 0.3) is 11.0 Å². The molecule has 0 saturated heterocycles. The van der Waals surface area contributed by atoms with Gasteiger partial charge in [-0.2, -0.15) is 0 Å². The fraction of sp³-hybridized carbons (Fsp3) is 0. The Labute approximate surface area is 79.4 Å². The molecule has 2 aromatic heterocycles. The second-order valence-corrected chi connectivity index (χ2v) is 2.99. The molecule has 2 heterocycles. The van der Waals surface area contributed by atoms with Gasteiger partial charge in [-0.25, -0.2) is 9.97 Å². The highest BCUT2D eigenvalue weighted by molar-refractivity contribution is 6.31. The van der Waals surface area contributed by atoms with Crippen LogP contribution in [0, 0.1) is 0 Å². The predicted octanol–water partition coefficient (Wildman–Crippen LogP) is 2.10. The van der Waals surface area contributed by atoms with Gasteiger partial charge in [-0.05, 0) is 18.2 Å². The Hall–Kier alpha value is -1.48. The van der Waals surface area contributed by atoms with Crippen molar-refractivity contribution in [3.05, 3.63) is 35.1 Å². The quantitative estimate of drug-likeness (QED) is 0.650. The number of hydrogen-bond donors (Lipinski definition) is 0. The number of carbonyl (C=O) groups excluding carboxylic acids is 1. The third-order valence-electron chi connectivity index (χ3n) is 1.65. The van der Waals surface area contributed by atoms with Crippen LogP contribution >= 0.6 is 11.6 Å².